The van der Waals surface area contributed by atoms with Crippen molar-refractivity contribution in [1.29, 1.82) is 5.26 Å². The molecule has 5 aromatic rings. The van der Waals surface area contributed by atoms with E-state index in [1.54, 1.807) is 38.1 Å². The first-order valence-corrected chi connectivity index (χ1v) is 16.6. The molecule has 0 saturated heterocycles. The Labute approximate surface area is 287 Å². The predicted octanol–water partition coefficient (Wildman–Crippen LogP) is 6.78. The van der Waals surface area contributed by atoms with E-state index < -0.39 is 35.4 Å². The van der Waals surface area contributed by atoms with Gasteiger partial charge >= 0.3 is 12.4 Å². The quantitative estimate of drug-likeness (QED) is 0.106. The molecule has 0 radical (unpaired) electrons. The van der Waals surface area contributed by atoms with E-state index in [1.807, 2.05) is 44.4 Å². The molecule has 3 atom stereocenters. The Balaban J connectivity index is 1.36. The number of halogens is 2. The van der Waals surface area contributed by atoms with Crippen LogP contribution in [0.5, 0.6) is 0 Å². The summed E-state index contributed by atoms with van der Waals surface area (Å²) in [6, 6.07) is 17.9. The van der Waals surface area contributed by atoms with Crippen molar-refractivity contribution >= 4 is 23.1 Å². The molecule has 0 aliphatic rings. The lowest BCUT2D eigenvalue weighted by atomic mass is 9.82. The van der Waals surface area contributed by atoms with E-state index in [4.69, 9.17) is 15.0 Å². The van der Waals surface area contributed by atoms with Crippen molar-refractivity contribution in [3.8, 4) is 17.3 Å². The number of carbonyl (C=O) groups is 1. The largest absolute Gasteiger partial charge is 0.435 e. The van der Waals surface area contributed by atoms with Gasteiger partial charge in [-0.05, 0) is 60.8 Å². The van der Waals surface area contributed by atoms with Crippen molar-refractivity contribution in [2.45, 2.75) is 71.4 Å². The number of thiazole rings is 1. The minimum Gasteiger partial charge on any atom is -0.435 e. The fourth-order valence-corrected chi connectivity index (χ4v) is 6.33. The lowest BCUT2D eigenvalue weighted by molar-refractivity contribution is -0.765. The minimum atomic E-state index is -1.99. The number of nitriles is 1. The zero-order valence-electron chi connectivity index (χ0n) is 27.8. The lowest BCUT2D eigenvalue weighted by Crippen LogP contribution is -2.50. The molecule has 0 fully saturated rings. The zero-order valence-corrected chi connectivity index (χ0v) is 28.6. The highest BCUT2D eigenvalue weighted by Gasteiger charge is 2.44. The summed E-state index contributed by atoms with van der Waals surface area (Å²) in [5.41, 5.74) is 2.25. The van der Waals surface area contributed by atoms with Crippen molar-refractivity contribution in [2.75, 3.05) is 5.32 Å². The summed E-state index contributed by atoms with van der Waals surface area (Å²) in [6.07, 6.45) is -0.116. The maximum atomic E-state index is 15.3. The van der Waals surface area contributed by atoms with Crippen LogP contribution in [0.1, 0.15) is 72.8 Å². The third kappa shape index (κ3) is 8.34. The maximum absolute atomic E-state index is 15.3. The number of rotatable bonds is 12. The lowest BCUT2D eigenvalue weighted by Gasteiger charge is -2.32. The van der Waals surface area contributed by atoms with Gasteiger partial charge in [0, 0.05) is 40.7 Å². The maximum Gasteiger partial charge on any atom is 0.412 e. The van der Waals surface area contributed by atoms with E-state index in [0.717, 1.165) is 34.9 Å². The number of nitrogens with one attached hydrogen (secondary N) is 3. The standard InChI is InChI=1S/C36H37F2N7O3S/c1-21(2)40-17-27-14-22(3)6-13-31(27)43-35(46)48-24(5)33-41-20-45(44-33)19-36(47,29-15-28(37)11-12-30(29)38)23(4)34-42-32(18-49-34)26-9-7-25(16-39)8-10-26/h6-15,18,20-21,23-24,40,47H,17,19H2,1-5H3,(H,43,46)/p+1/t23-,24?,36+/m0/s1. The van der Waals surface area contributed by atoms with Crippen LogP contribution in [0.2, 0.25) is 0 Å². The molecular weight excluding hydrogens is 649 g/mol. The summed E-state index contributed by atoms with van der Waals surface area (Å²) in [4.78, 5) is 22.0. The number of aromatic amines is 1. The smallest absolute Gasteiger partial charge is 0.412 e. The Hall–Kier alpha value is -5.03. The van der Waals surface area contributed by atoms with Gasteiger partial charge in [0.15, 0.2) is 6.10 Å². The Morgan fingerprint density at radius 2 is 1.88 bits per heavy atom. The van der Waals surface area contributed by atoms with Crippen LogP contribution in [0.25, 0.3) is 11.3 Å². The van der Waals surface area contributed by atoms with Crippen LogP contribution in [-0.4, -0.2) is 32.3 Å². The van der Waals surface area contributed by atoms with Gasteiger partial charge in [-0.15, -0.1) is 11.3 Å². The Morgan fingerprint density at radius 3 is 2.59 bits per heavy atom. The SMILES string of the molecule is Cc1ccc(NC(=O)OC(C)c2nc[n+](C[C@](O)(c3cc(F)ccc3F)[C@@H](C)c3nc(-c4ccc(C#N)cc4)cs3)[nH]2)c(CNC(C)C)c1. The molecule has 0 aliphatic heterocycles. The minimum absolute atomic E-state index is 0.247. The average Bonchev–Trinajstić information content (AvgIpc) is 3.76. The van der Waals surface area contributed by atoms with Crippen molar-refractivity contribution in [1.82, 2.24) is 20.4 Å². The van der Waals surface area contributed by atoms with Crippen LogP contribution in [0.4, 0.5) is 19.3 Å². The number of anilines is 1. The summed E-state index contributed by atoms with van der Waals surface area (Å²) in [6.45, 7) is 9.69. The number of H-pyrrole nitrogens is 1. The van der Waals surface area contributed by atoms with Gasteiger partial charge in [0.1, 0.15) is 23.8 Å². The average molecular weight is 687 g/mol. The first-order valence-electron chi connectivity index (χ1n) is 15.7. The Morgan fingerprint density at radius 1 is 1.12 bits per heavy atom. The van der Waals surface area contributed by atoms with Crippen LogP contribution >= 0.6 is 11.3 Å². The third-order valence-electron chi connectivity index (χ3n) is 8.19. The molecule has 4 N–H and O–H groups in total. The van der Waals surface area contributed by atoms with Gasteiger partial charge in [0.05, 0.1) is 22.3 Å². The summed E-state index contributed by atoms with van der Waals surface area (Å²) < 4.78 is 36.8. The number of aromatic nitrogens is 4. The number of aliphatic hydroxyl groups is 1. The third-order valence-corrected chi connectivity index (χ3v) is 9.21. The Bertz CT molecular complexity index is 1970. The molecule has 0 bridgehead atoms. The highest BCUT2D eigenvalue weighted by Crippen LogP contribution is 2.41. The predicted molar refractivity (Wildman–Crippen MR) is 181 cm³/mol. The summed E-state index contributed by atoms with van der Waals surface area (Å²) >= 11 is 1.27. The van der Waals surface area contributed by atoms with Gasteiger partial charge in [0.2, 0.25) is 0 Å². The van der Waals surface area contributed by atoms with Crippen molar-refractivity contribution in [2.24, 2.45) is 0 Å². The molecule has 2 aromatic heterocycles. The summed E-state index contributed by atoms with van der Waals surface area (Å²) in [5, 5.41) is 32.8. The van der Waals surface area contributed by atoms with Crippen molar-refractivity contribution in [3.05, 3.63) is 117 Å². The molecule has 0 saturated carbocycles. The molecule has 3 aromatic carbocycles. The molecule has 0 spiro atoms. The fourth-order valence-electron chi connectivity index (χ4n) is 5.36. The molecule has 2 heterocycles. The van der Waals surface area contributed by atoms with E-state index in [1.165, 1.54) is 22.3 Å². The monoisotopic (exact) mass is 686 g/mol. The summed E-state index contributed by atoms with van der Waals surface area (Å²) in [7, 11) is 0. The molecule has 1 amide bonds. The number of carbonyl (C=O) groups excluding carboxylic acids is 1. The van der Waals surface area contributed by atoms with E-state index in [9.17, 15) is 14.3 Å². The molecular formula is C36H38F2N7O3S+. The van der Waals surface area contributed by atoms with Gasteiger partial charge in [-0.1, -0.05) is 50.6 Å². The summed E-state index contributed by atoms with van der Waals surface area (Å²) in [5.74, 6) is -2.03. The van der Waals surface area contributed by atoms with Gasteiger partial charge in [0.25, 0.3) is 5.82 Å². The topological polar surface area (TPSA) is 140 Å². The van der Waals surface area contributed by atoms with Crippen molar-refractivity contribution < 1.29 is 28.1 Å². The van der Waals surface area contributed by atoms with Crippen LogP contribution in [-0.2, 0) is 23.4 Å². The first-order chi connectivity index (χ1) is 23.4. The molecule has 254 valence electrons. The number of amides is 1. The highest BCUT2D eigenvalue weighted by molar-refractivity contribution is 7.10. The van der Waals surface area contributed by atoms with E-state index in [-0.39, 0.29) is 24.0 Å². The van der Waals surface area contributed by atoms with E-state index >= 15 is 4.39 Å². The number of ether oxygens (including phenoxy) is 1. The first kappa shape index (κ1) is 35.3. The number of hydrogen-bond acceptors (Lipinski definition) is 8. The Kier molecular flexibility index (Phi) is 10.8. The number of benzene rings is 3. The van der Waals surface area contributed by atoms with Crippen LogP contribution in [0.15, 0.2) is 72.4 Å². The second-order valence-corrected chi connectivity index (χ2v) is 13.2. The molecule has 49 heavy (non-hydrogen) atoms. The van der Waals surface area contributed by atoms with Crippen LogP contribution in [0.3, 0.4) is 0 Å². The number of nitrogens with zero attached hydrogens (tertiary/aromatic N) is 4. The van der Waals surface area contributed by atoms with E-state index in [0.29, 0.717) is 28.5 Å². The molecule has 5 rings (SSSR count). The number of hydrogen-bond donors (Lipinski definition) is 4. The second-order valence-electron chi connectivity index (χ2n) is 12.3. The van der Waals surface area contributed by atoms with Gasteiger partial charge in [-0.25, -0.2) is 18.6 Å². The highest BCUT2D eigenvalue weighted by atomic mass is 32.1. The van der Waals surface area contributed by atoms with E-state index in [2.05, 4.69) is 26.8 Å². The molecule has 1 unspecified atom stereocenters. The zero-order chi connectivity index (χ0) is 35.3. The molecule has 10 nitrogen and oxygen atoms in total. The fraction of sp³-hybridized carbons (Fsp3) is 0.306. The van der Waals surface area contributed by atoms with Gasteiger partial charge in [-0.3, -0.25) is 5.32 Å². The van der Waals surface area contributed by atoms with Crippen molar-refractivity contribution in [3.63, 3.8) is 0 Å². The normalized spacial score (nSPS) is 13.8. The second kappa shape index (κ2) is 15.0. The van der Waals surface area contributed by atoms with Gasteiger partial charge in [-0.2, -0.15) is 15.0 Å². The van der Waals surface area contributed by atoms with Gasteiger partial charge < -0.3 is 15.2 Å². The van der Waals surface area contributed by atoms with Crippen LogP contribution < -0.4 is 15.3 Å². The molecule has 0 aliphatic carbocycles. The number of aryl methyl sites for hydroxylation is 1. The van der Waals surface area contributed by atoms with Crippen LogP contribution in [0, 0.1) is 29.9 Å². The molecule has 13 heteroatoms.